The second-order valence-electron chi connectivity index (χ2n) is 6.84. The van der Waals surface area contributed by atoms with Crippen LogP contribution in [0.15, 0.2) is 59.3 Å². The third-order valence-corrected chi connectivity index (χ3v) is 6.70. The Morgan fingerprint density at radius 2 is 1.90 bits per heavy atom. The van der Waals surface area contributed by atoms with E-state index in [1.165, 1.54) is 11.9 Å². The highest BCUT2D eigenvalue weighted by molar-refractivity contribution is 7.97. The number of anilines is 1. The molecule has 0 radical (unpaired) electrons. The number of hydrogen-bond acceptors (Lipinski definition) is 7. The summed E-state index contributed by atoms with van der Waals surface area (Å²) in [5.74, 6) is -0.177. The molecule has 9 heteroatoms. The summed E-state index contributed by atoms with van der Waals surface area (Å²) in [5, 5.41) is 2.71. The highest BCUT2D eigenvalue weighted by atomic mass is 32.2. The summed E-state index contributed by atoms with van der Waals surface area (Å²) in [6.07, 6.45) is 4.89. The first-order valence-corrected chi connectivity index (χ1v) is 12.2. The molecule has 0 saturated heterocycles. The van der Waals surface area contributed by atoms with Gasteiger partial charge in [-0.05, 0) is 42.6 Å². The van der Waals surface area contributed by atoms with Gasteiger partial charge in [0.15, 0.2) is 11.5 Å². The zero-order chi connectivity index (χ0) is 21.6. The minimum absolute atomic E-state index is 0.0378. The average Bonchev–Trinajstić information content (AvgIpc) is 2.71. The molecule has 160 valence electrons. The lowest BCUT2D eigenvalue weighted by molar-refractivity contribution is -0.113. The third kappa shape index (κ3) is 5.54. The first-order chi connectivity index (χ1) is 14.4. The molecule has 1 aliphatic heterocycles. The van der Waals surface area contributed by atoms with Gasteiger partial charge in [0.2, 0.25) is 0 Å². The van der Waals surface area contributed by atoms with Gasteiger partial charge < -0.3 is 13.8 Å². The SMILES string of the molecule is CCCCCCS(=O)(=O)OC1=C(C(=O)Nc2ccccn2)N(C)Sc2ccccc21. The van der Waals surface area contributed by atoms with Crippen molar-refractivity contribution in [1.29, 1.82) is 0 Å². The second kappa shape index (κ2) is 9.99. The van der Waals surface area contributed by atoms with E-state index < -0.39 is 16.0 Å². The van der Waals surface area contributed by atoms with Crippen LogP contribution in [0.25, 0.3) is 5.76 Å². The fourth-order valence-electron chi connectivity index (χ4n) is 3.01. The topological polar surface area (TPSA) is 88.6 Å². The van der Waals surface area contributed by atoms with Crippen molar-refractivity contribution in [3.63, 3.8) is 0 Å². The molecule has 0 spiro atoms. The van der Waals surface area contributed by atoms with Gasteiger partial charge in [0.25, 0.3) is 5.91 Å². The quantitative estimate of drug-likeness (QED) is 0.349. The molecular weight excluding hydrogens is 422 g/mol. The molecule has 0 aliphatic carbocycles. The number of amides is 1. The summed E-state index contributed by atoms with van der Waals surface area (Å²) in [6, 6.07) is 12.4. The Morgan fingerprint density at radius 3 is 2.63 bits per heavy atom. The van der Waals surface area contributed by atoms with Gasteiger partial charge in [0, 0.05) is 23.7 Å². The molecule has 0 bridgehead atoms. The summed E-state index contributed by atoms with van der Waals surface area (Å²) in [5.41, 5.74) is 0.699. The number of pyridine rings is 1. The van der Waals surface area contributed by atoms with E-state index in [1.807, 2.05) is 12.1 Å². The van der Waals surface area contributed by atoms with Gasteiger partial charge in [-0.25, -0.2) is 4.98 Å². The normalized spacial score (nSPS) is 13.7. The summed E-state index contributed by atoms with van der Waals surface area (Å²) in [7, 11) is -2.16. The van der Waals surface area contributed by atoms with Crippen molar-refractivity contribution in [1.82, 2.24) is 9.29 Å². The van der Waals surface area contributed by atoms with Crippen LogP contribution in [-0.4, -0.2) is 36.4 Å². The molecule has 1 N–H and O–H groups in total. The Bertz CT molecular complexity index is 1020. The maximum Gasteiger partial charge on any atom is 0.309 e. The van der Waals surface area contributed by atoms with E-state index in [9.17, 15) is 13.2 Å². The lowest BCUT2D eigenvalue weighted by atomic mass is 10.1. The number of rotatable bonds is 9. The molecule has 2 heterocycles. The van der Waals surface area contributed by atoms with Gasteiger partial charge in [-0.3, -0.25) is 4.79 Å². The summed E-state index contributed by atoms with van der Waals surface area (Å²) in [6.45, 7) is 2.06. The lowest BCUT2D eigenvalue weighted by Crippen LogP contribution is -2.29. The Morgan fingerprint density at radius 1 is 1.13 bits per heavy atom. The highest BCUT2D eigenvalue weighted by Gasteiger charge is 2.32. The van der Waals surface area contributed by atoms with Crippen LogP contribution in [-0.2, 0) is 19.1 Å². The highest BCUT2D eigenvalue weighted by Crippen LogP contribution is 2.41. The van der Waals surface area contributed by atoms with E-state index in [1.54, 1.807) is 47.9 Å². The van der Waals surface area contributed by atoms with Gasteiger partial charge in [-0.2, -0.15) is 8.42 Å². The smallest absolute Gasteiger partial charge is 0.309 e. The number of benzene rings is 1. The monoisotopic (exact) mass is 447 g/mol. The number of fused-ring (bicyclic) bond motifs is 1. The van der Waals surface area contributed by atoms with E-state index in [0.29, 0.717) is 17.8 Å². The lowest BCUT2D eigenvalue weighted by Gasteiger charge is -2.29. The summed E-state index contributed by atoms with van der Waals surface area (Å²) < 4.78 is 32.5. The van der Waals surface area contributed by atoms with Crippen molar-refractivity contribution in [3.8, 4) is 0 Å². The Balaban J connectivity index is 1.94. The summed E-state index contributed by atoms with van der Waals surface area (Å²) >= 11 is 1.33. The van der Waals surface area contributed by atoms with Gasteiger partial charge in [-0.15, -0.1) is 0 Å². The van der Waals surface area contributed by atoms with Crippen molar-refractivity contribution >= 4 is 39.6 Å². The molecule has 1 aliphatic rings. The molecule has 1 amide bonds. The molecular formula is C21H25N3O4S2. The van der Waals surface area contributed by atoms with Crippen LogP contribution >= 0.6 is 11.9 Å². The van der Waals surface area contributed by atoms with Crippen molar-refractivity contribution in [2.75, 3.05) is 18.1 Å². The third-order valence-electron chi connectivity index (χ3n) is 4.48. The van der Waals surface area contributed by atoms with Crippen molar-refractivity contribution in [2.24, 2.45) is 0 Å². The molecule has 30 heavy (non-hydrogen) atoms. The van der Waals surface area contributed by atoms with Crippen LogP contribution < -0.4 is 5.32 Å². The van der Waals surface area contributed by atoms with Crippen molar-refractivity contribution < 1.29 is 17.4 Å². The predicted octanol–water partition coefficient (Wildman–Crippen LogP) is 4.27. The van der Waals surface area contributed by atoms with E-state index in [-0.39, 0.29) is 17.2 Å². The molecule has 2 aromatic rings. The molecule has 0 fully saturated rings. The predicted molar refractivity (Wildman–Crippen MR) is 119 cm³/mol. The molecule has 3 rings (SSSR count). The van der Waals surface area contributed by atoms with Crippen LogP contribution in [0.2, 0.25) is 0 Å². The number of carbonyl (C=O) groups excluding carboxylic acids is 1. The number of aromatic nitrogens is 1. The zero-order valence-electron chi connectivity index (χ0n) is 17.0. The second-order valence-corrected chi connectivity index (χ2v) is 9.70. The van der Waals surface area contributed by atoms with E-state index >= 15 is 0 Å². The molecule has 7 nitrogen and oxygen atoms in total. The van der Waals surface area contributed by atoms with Gasteiger partial charge in [0.1, 0.15) is 5.82 Å². The number of unbranched alkanes of at least 4 members (excludes halogenated alkanes) is 3. The molecule has 1 aromatic carbocycles. The largest absolute Gasteiger partial charge is 0.379 e. The maximum absolute atomic E-state index is 13.0. The Labute approximate surface area is 181 Å². The van der Waals surface area contributed by atoms with Crippen LogP contribution in [0.3, 0.4) is 0 Å². The van der Waals surface area contributed by atoms with Crippen molar-refractivity contribution in [2.45, 2.75) is 37.5 Å². The van der Waals surface area contributed by atoms with E-state index in [0.717, 1.165) is 24.2 Å². The Hall–Kier alpha value is -2.52. The number of carbonyl (C=O) groups is 1. The number of nitrogens with zero attached hydrogens (tertiary/aromatic N) is 2. The van der Waals surface area contributed by atoms with Crippen LogP contribution in [0, 0.1) is 0 Å². The number of nitrogens with one attached hydrogen (secondary N) is 1. The number of hydrogen-bond donors (Lipinski definition) is 1. The van der Waals surface area contributed by atoms with Gasteiger partial charge in [0.05, 0.1) is 5.75 Å². The Kier molecular flexibility index (Phi) is 7.38. The van der Waals surface area contributed by atoms with E-state index in [2.05, 4.69) is 17.2 Å². The average molecular weight is 448 g/mol. The fraction of sp³-hybridized carbons (Fsp3) is 0.333. The standard InChI is InChI=1S/C21H25N3O4S2/c1-3-4-5-10-15-30(26,27)28-20-16-11-6-7-12-17(16)29-24(2)19(20)21(25)23-18-13-8-9-14-22-18/h6-9,11-14H,3-5,10,15H2,1-2H3,(H,22,23,25). The van der Waals surface area contributed by atoms with Crippen LogP contribution in [0.5, 0.6) is 0 Å². The summed E-state index contributed by atoms with van der Waals surface area (Å²) in [4.78, 5) is 18.0. The molecule has 0 saturated carbocycles. The molecule has 0 unspecified atom stereocenters. The molecule has 1 aromatic heterocycles. The maximum atomic E-state index is 13.0. The van der Waals surface area contributed by atoms with E-state index in [4.69, 9.17) is 4.18 Å². The van der Waals surface area contributed by atoms with Crippen molar-refractivity contribution in [3.05, 3.63) is 59.9 Å². The molecule has 0 atom stereocenters. The van der Waals surface area contributed by atoms with Gasteiger partial charge >= 0.3 is 10.1 Å². The minimum atomic E-state index is -3.86. The number of likely N-dealkylation sites (N-methyl/N-ethyl adjacent to an activating group) is 1. The first-order valence-electron chi connectivity index (χ1n) is 9.81. The first kappa shape index (κ1) is 22.2. The van der Waals surface area contributed by atoms with Gasteiger partial charge in [-0.1, -0.05) is 44.4 Å². The van der Waals surface area contributed by atoms with Crippen LogP contribution in [0.4, 0.5) is 5.82 Å². The zero-order valence-corrected chi connectivity index (χ0v) is 18.6. The van der Waals surface area contributed by atoms with Crippen LogP contribution in [0.1, 0.15) is 38.2 Å². The minimum Gasteiger partial charge on any atom is -0.379 e. The fourth-order valence-corrected chi connectivity index (χ4v) is 5.03.